The fourth-order valence-electron chi connectivity index (χ4n) is 7.75. The summed E-state index contributed by atoms with van der Waals surface area (Å²) in [4.78, 5) is 11.5. The number of ether oxygens (including phenoxy) is 1. The second-order valence-corrected chi connectivity index (χ2v) is 12.2. The Balaban J connectivity index is 1.58. The molecular weight excluding hydrogens is 396 g/mol. The molecule has 32 heavy (non-hydrogen) atoms. The number of hydrogen-bond donors (Lipinski definition) is 1. The highest BCUT2D eigenvalue weighted by Crippen LogP contribution is 2.65. The van der Waals surface area contributed by atoms with Gasteiger partial charge in [0.2, 0.25) is 0 Å². The van der Waals surface area contributed by atoms with E-state index in [1.54, 1.807) is 0 Å². The molecule has 1 N–H and O–H groups in total. The van der Waals surface area contributed by atoms with E-state index in [0.29, 0.717) is 41.9 Å². The Kier molecular flexibility index (Phi) is 6.29. The topological polar surface area (TPSA) is 46.5 Å². The van der Waals surface area contributed by atoms with E-state index in [4.69, 9.17) is 4.74 Å². The zero-order valence-corrected chi connectivity index (χ0v) is 21.1. The van der Waals surface area contributed by atoms with Gasteiger partial charge in [0.25, 0.3) is 0 Å². The first-order chi connectivity index (χ1) is 15.0. The van der Waals surface area contributed by atoms with E-state index in [0.717, 1.165) is 25.7 Å². The third kappa shape index (κ3) is 3.83. The molecule has 0 aromatic heterocycles. The van der Waals surface area contributed by atoms with Gasteiger partial charge >= 0.3 is 5.97 Å². The minimum Gasteiger partial charge on any atom is -0.462 e. The SMILES string of the molecule is CC(=O)O[C@@H]1CC[C@]2(C)C3=CC[C@@]4(C)[C@@H]([C@H](C)/C=C/CC(C)C)CC[C@H]4C3=CC[C@@]2(O)C1. The Bertz CT molecular complexity index is 835. The van der Waals surface area contributed by atoms with Gasteiger partial charge in [0.1, 0.15) is 6.10 Å². The van der Waals surface area contributed by atoms with Crippen LogP contribution in [0.3, 0.4) is 0 Å². The number of carbonyl (C=O) groups is 1. The van der Waals surface area contributed by atoms with E-state index in [-0.39, 0.29) is 17.5 Å². The highest BCUT2D eigenvalue weighted by molar-refractivity contribution is 5.66. The van der Waals surface area contributed by atoms with Crippen LogP contribution < -0.4 is 0 Å². The van der Waals surface area contributed by atoms with Crippen molar-refractivity contribution in [1.82, 2.24) is 0 Å². The maximum atomic E-state index is 11.8. The molecule has 4 aliphatic carbocycles. The van der Waals surface area contributed by atoms with Crippen molar-refractivity contribution in [3.63, 3.8) is 0 Å². The highest BCUT2D eigenvalue weighted by Gasteiger charge is 2.60. The number of allylic oxidation sites excluding steroid dienone is 4. The van der Waals surface area contributed by atoms with Crippen molar-refractivity contribution in [2.45, 2.75) is 105 Å². The van der Waals surface area contributed by atoms with Crippen LogP contribution in [0.25, 0.3) is 0 Å². The molecule has 7 atom stereocenters. The third-order valence-electron chi connectivity index (χ3n) is 9.67. The lowest BCUT2D eigenvalue weighted by Gasteiger charge is -2.57. The molecule has 3 nitrogen and oxygen atoms in total. The highest BCUT2D eigenvalue weighted by atomic mass is 16.5. The predicted octanol–water partition coefficient (Wildman–Crippen LogP) is 6.77. The average molecular weight is 441 g/mol. The molecule has 0 aromatic rings. The van der Waals surface area contributed by atoms with E-state index >= 15 is 0 Å². The minimum absolute atomic E-state index is 0.163. The summed E-state index contributed by atoms with van der Waals surface area (Å²) in [7, 11) is 0. The summed E-state index contributed by atoms with van der Waals surface area (Å²) >= 11 is 0. The fraction of sp³-hybridized carbons (Fsp3) is 0.759. The summed E-state index contributed by atoms with van der Waals surface area (Å²) in [6.45, 7) is 13.2. The van der Waals surface area contributed by atoms with Crippen molar-refractivity contribution < 1.29 is 14.6 Å². The van der Waals surface area contributed by atoms with Crippen molar-refractivity contribution in [3.8, 4) is 0 Å². The Morgan fingerprint density at radius 2 is 1.94 bits per heavy atom. The van der Waals surface area contributed by atoms with E-state index in [9.17, 15) is 9.90 Å². The molecule has 4 rings (SSSR count). The Hall–Kier alpha value is -1.35. The fourth-order valence-corrected chi connectivity index (χ4v) is 7.75. The maximum absolute atomic E-state index is 11.8. The summed E-state index contributed by atoms with van der Waals surface area (Å²) in [6.07, 6.45) is 17.3. The molecule has 0 spiro atoms. The van der Waals surface area contributed by atoms with Crippen molar-refractivity contribution in [3.05, 3.63) is 35.5 Å². The molecule has 2 fully saturated rings. The summed E-state index contributed by atoms with van der Waals surface area (Å²) < 4.78 is 5.51. The number of esters is 1. The van der Waals surface area contributed by atoms with Gasteiger partial charge < -0.3 is 9.84 Å². The van der Waals surface area contributed by atoms with Gasteiger partial charge in [-0.15, -0.1) is 0 Å². The summed E-state index contributed by atoms with van der Waals surface area (Å²) in [5, 5.41) is 11.8. The Labute approximate surface area is 195 Å². The van der Waals surface area contributed by atoms with Gasteiger partial charge in [-0.05, 0) is 85.2 Å². The Morgan fingerprint density at radius 1 is 1.19 bits per heavy atom. The van der Waals surface area contributed by atoms with Crippen molar-refractivity contribution >= 4 is 5.97 Å². The smallest absolute Gasteiger partial charge is 0.302 e. The lowest BCUT2D eigenvalue weighted by Crippen LogP contribution is -2.56. The van der Waals surface area contributed by atoms with Crippen LogP contribution in [-0.4, -0.2) is 22.8 Å². The molecule has 0 aliphatic heterocycles. The second-order valence-electron chi connectivity index (χ2n) is 12.2. The van der Waals surface area contributed by atoms with E-state index < -0.39 is 5.60 Å². The molecule has 0 amide bonds. The quantitative estimate of drug-likeness (QED) is 0.379. The molecule has 178 valence electrons. The van der Waals surface area contributed by atoms with Crippen molar-refractivity contribution in [1.29, 1.82) is 0 Å². The summed E-state index contributed by atoms with van der Waals surface area (Å²) in [5.41, 5.74) is 2.17. The predicted molar refractivity (Wildman–Crippen MR) is 130 cm³/mol. The summed E-state index contributed by atoms with van der Waals surface area (Å²) in [5.74, 6) is 2.39. The van der Waals surface area contributed by atoms with Crippen LogP contribution in [0.5, 0.6) is 0 Å². The average Bonchev–Trinajstić information content (AvgIpc) is 3.05. The molecule has 0 saturated heterocycles. The maximum Gasteiger partial charge on any atom is 0.302 e. The van der Waals surface area contributed by atoms with Crippen LogP contribution in [0.1, 0.15) is 92.9 Å². The zero-order chi connectivity index (χ0) is 23.3. The number of carbonyl (C=O) groups excluding carboxylic acids is 1. The molecule has 0 aromatic carbocycles. The number of rotatable bonds is 5. The Morgan fingerprint density at radius 3 is 2.62 bits per heavy atom. The van der Waals surface area contributed by atoms with Crippen LogP contribution in [0.2, 0.25) is 0 Å². The zero-order valence-electron chi connectivity index (χ0n) is 21.1. The van der Waals surface area contributed by atoms with E-state index in [1.165, 1.54) is 30.9 Å². The molecule has 0 unspecified atom stereocenters. The van der Waals surface area contributed by atoms with Crippen LogP contribution >= 0.6 is 0 Å². The van der Waals surface area contributed by atoms with Crippen molar-refractivity contribution in [2.24, 2.45) is 34.5 Å². The number of aliphatic hydroxyl groups is 1. The van der Waals surface area contributed by atoms with Gasteiger partial charge in [0, 0.05) is 18.8 Å². The number of fused-ring (bicyclic) bond motifs is 5. The van der Waals surface area contributed by atoms with E-state index in [2.05, 4.69) is 58.9 Å². The third-order valence-corrected chi connectivity index (χ3v) is 9.67. The first kappa shape index (κ1) is 23.8. The van der Waals surface area contributed by atoms with Crippen molar-refractivity contribution in [2.75, 3.05) is 0 Å². The van der Waals surface area contributed by atoms with Crippen LogP contribution in [0.15, 0.2) is 35.5 Å². The lowest BCUT2D eigenvalue weighted by molar-refractivity contribution is -0.163. The van der Waals surface area contributed by atoms with Gasteiger partial charge in [-0.2, -0.15) is 0 Å². The monoisotopic (exact) mass is 440 g/mol. The largest absolute Gasteiger partial charge is 0.462 e. The standard InChI is InChI=1S/C29H44O3/c1-19(2)8-7-9-20(3)24-10-11-25-23-13-17-29(31)18-22(32-21(4)30)12-16-28(29,6)26(23)14-15-27(24,25)5/h7,9,13-14,19-20,22,24-25,31H,8,10-12,15-18H2,1-6H3/b9-7+/t20-,22-,24-,25+,27+,28-,29-/m1/s1. The second kappa shape index (κ2) is 8.46. The van der Waals surface area contributed by atoms with Crippen LogP contribution in [0, 0.1) is 34.5 Å². The van der Waals surface area contributed by atoms with Gasteiger partial charge in [-0.25, -0.2) is 0 Å². The van der Waals surface area contributed by atoms with Gasteiger partial charge in [0.15, 0.2) is 0 Å². The van der Waals surface area contributed by atoms with Crippen LogP contribution in [0.4, 0.5) is 0 Å². The van der Waals surface area contributed by atoms with E-state index in [1.807, 2.05) is 0 Å². The first-order valence-electron chi connectivity index (χ1n) is 13.0. The van der Waals surface area contributed by atoms with Gasteiger partial charge in [-0.3, -0.25) is 4.79 Å². The van der Waals surface area contributed by atoms with Crippen LogP contribution in [-0.2, 0) is 9.53 Å². The first-order valence-corrected chi connectivity index (χ1v) is 13.0. The normalized spacial score (nSPS) is 42.1. The molecule has 2 saturated carbocycles. The number of hydrogen-bond acceptors (Lipinski definition) is 3. The molecule has 0 bridgehead atoms. The van der Waals surface area contributed by atoms with Gasteiger partial charge in [-0.1, -0.05) is 58.9 Å². The molecule has 3 heteroatoms. The molecule has 0 heterocycles. The molecule has 0 radical (unpaired) electrons. The molecular formula is C29H44O3. The lowest BCUT2D eigenvalue weighted by atomic mass is 9.50. The van der Waals surface area contributed by atoms with Gasteiger partial charge in [0.05, 0.1) is 5.60 Å². The summed E-state index contributed by atoms with van der Waals surface area (Å²) in [6, 6.07) is 0. The minimum atomic E-state index is -0.820. The molecule has 4 aliphatic rings.